The summed E-state index contributed by atoms with van der Waals surface area (Å²) in [5, 5.41) is 3.39. The molecule has 0 atom stereocenters. The minimum Gasteiger partial charge on any atom is -0.424 e. The normalized spacial score (nSPS) is 24.3. The molecule has 1 aliphatic rings. The average Bonchev–Trinajstić information content (AvgIpc) is 2.73. The SMILES string of the molecule is CC1CCC(Nc2nc3cc(N)ccc3o2)CC1. The molecule has 0 amide bonds. The van der Waals surface area contributed by atoms with E-state index in [0.717, 1.165) is 17.0 Å². The number of anilines is 2. The summed E-state index contributed by atoms with van der Waals surface area (Å²) in [5.41, 5.74) is 8.06. The van der Waals surface area contributed by atoms with Crippen LogP contribution in [-0.2, 0) is 0 Å². The molecule has 1 saturated carbocycles. The van der Waals surface area contributed by atoms with E-state index >= 15 is 0 Å². The fraction of sp³-hybridized carbons (Fsp3) is 0.500. The lowest BCUT2D eigenvalue weighted by Gasteiger charge is -2.26. The van der Waals surface area contributed by atoms with Crippen molar-refractivity contribution in [2.45, 2.75) is 38.6 Å². The maximum Gasteiger partial charge on any atom is 0.295 e. The molecule has 0 saturated heterocycles. The standard InChI is InChI=1S/C14H19N3O/c1-9-2-5-11(6-3-9)16-14-17-12-8-10(15)4-7-13(12)18-14/h4,7-9,11H,2-3,5-6,15H2,1H3,(H,16,17). The minimum absolute atomic E-state index is 0.492. The molecule has 0 unspecified atom stereocenters. The largest absolute Gasteiger partial charge is 0.424 e. The van der Waals surface area contributed by atoms with Crippen LogP contribution in [0.3, 0.4) is 0 Å². The Kier molecular flexibility index (Phi) is 2.86. The maximum absolute atomic E-state index is 5.73. The van der Waals surface area contributed by atoms with E-state index in [9.17, 15) is 0 Å². The molecule has 96 valence electrons. The van der Waals surface area contributed by atoms with Crippen molar-refractivity contribution >= 4 is 22.8 Å². The molecule has 2 aromatic rings. The molecule has 3 rings (SSSR count). The molecule has 0 aliphatic heterocycles. The Balaban J connectivity index is 1.74. The van der Waals surface area contributed by atoms with Gasteiger partial charge in [0, 0.05) is 11.7 Å². The number of nitrogens with two attached hydrogens (primary N) is 1. The second kappa shape index (κ2) is 4.52. The van der Waals surface area contributed by atoms with E-state index in [-0.39, 0.29) is 0 Å². The number of nitrogens with one attached hydrogen (secondary N) is 1. The van der Waals surface area contributed by atoms with Crippen LogP contribution in [0.15, 0.2) is 22.6 Å². The van der Waals surface area contributed by atoms with Crippen molar-refractivity contribution in [1.29, 1.82) is 0 Å². The number of nitrogen functional groups attached to an aromatic ring is 1. The third-order valence-electron chi connectivity index (χ3n) is 3.76. The van der Waals surface area contributed by atoms with Crippen molar-refractivity contribution in [3.63, 3.8) is 0 Å². The maximum atomic E-state index is 5.73. The Morgan fingerprint density at radius 3 is 2.83 bits per heavy atom. The molecule has 1 aromatic heterocycles. The Morgan fingerprint density at radius 1 is 1.28 bits per heavy atom. The first-order valence-corrected chi connectivity index (χ1v) is 6.63. The van der Waals surface area contributed by atoms with Gasteiger partial charge in [-0.3, -0.25) is 0 Å². The molecule has 4 heteroatoms. The number of oxazole rings is 1. The van der Waals surface area contributed by atoms with Gasteiger partial charge in [-0.25, -0.2) is 0 Å². The third-order valence-corrected chi connectivity index (χ3v) is 3.76. The molecule has 0 radical (unpaired) electrons. The molecule has 0 spiro atoms. The second-order valence-corrected chi connectivity index (χ2v) is 5.35. The van der Waals surface area contributed by atoms with E-state index in [1.807, 2.05) is 18.2 Å². The van der Waals surface area contributed by atoms with Crippen LogP contribution in [0.5, 0.6) is 0 Å². The van der Waals surface area contributed by atoms with Crippen LogP contribution < -0.4 is 11.1 Å². The summed E-state index contributed by atoms with van der Waals surface area (Å²) >= 11 is 0. The number of fused-ring (bicyclic) bond motifs is 1. The molecule has 1 aromatic carbocycles. The number of rotatable bonds is 2. The van der Waals surface area contributed by atoms with Crippen molar-refractivity contribution in [1.82, 2.24) is 4.98 Å². The van der Waals surface area contributed by atoms with Crippen LogP contribution in [0.1, 0.15) is 32.6 Å². The molecular formula is C14H19N3O. The lowest BCUT2D eigenvalue weighted by molar-refractivity contribution is 0.357. The molecule has 1 heterocycles. The summed E-state index contributed by atoms with van der Waals surface area (Å²) in [7, 11) is 0. The van der Waals surface area contributed by atoms with Crippen LogP contribution in [0.2, 0.25) is 0 Å². The number of hydrogen-bond donors (Lipinski definition) is 2. The minimum atomic E-state index is 0.492. The van der Waals surface area contributed by atoms with Gasteiger partial charge in [0.15, 0.2) is 5.58 Å². The van der Waals surface area contributed by atoms with E-state index in [4.69, 9.17) is 10.2 Å². The predicted octanol–water partition coefficient (Wildman–Crippen LogP) is 3.40. The molecule has 3 N–H and O–H groups in total. The van der Waals surface area contributed by atoms with Crippen LogP contribution in [0.25, 0.3) is 11.1 Å². The molecular weight excluding hydrogens is 226 g/mol. The third kappa shape index (κ3) is 2.28. The van der Waals surface area contributed by atoms with E-state index in [0.29, 0.717) is 17.7 Å². The zero-order chi connectivity index (χ0) is 12.5. The van der Waals surface area contributed by atoms with Crippen LogP contribution >= 0.6 is 0 Å². The zero-order valence-corrected chi connectivity index (χ0v) is 10.6. The smallest absolute Gasteiger partial charge is 0.295 e. The first-order chi connectivity index (χ1) is 8.70. The monoisotopic (exact) mass is 245 g/mol. The lowest BCUT2D eigenvalue weighted by atomic mass is 9.87. The zero-order valence-electron chi connectivity index (χ0n) is 10.6. The van der Waals surface area contributed by atoms with E-state index in [2.05, 4.69) is 17.2 Å². The first-order valence-electron chi connectivity index (χ1n) is 6.63. The number of nitrogens with zero attached hydrogens (tertiary/aromatic N) is 1. The Bertz CT molecular complexity index is 541. The average molecular weight is 245 g/mol. The quantitative estimate of drug-likeness (QED) is 0.796. The van der Waals surface area contributed by atoms with Gasteiger partial charge in [-0.2, -0.15) is 4.98 Å². The summed E-state index contributed by atoms with van der Waals surface area (Å²) in [6.45, 7) is 2.32. The van der Waals surface area contributed by atoms with Crippen molar-refractivity contribution in [2.75, 3.05) is 11.1 Å². The molecule has 1 aliphatic carbocycles. The molecule has 0 bridgehead atoms. The Hall–Kier alpha value is -1.71. The highest BCUT2D eigenvalue weighted by molar-refractivity contribution is 5.78. The highest BCUT2D eigenvalue weighted by atomic mass is 16.4. The summed E-state index contributed by atoms with van der Waals surface area (Å²) in [5.74, 6) is 0.853. The van der Waals surface area contributed by atoms with Crippen LogP contribution in [0, 0.1) is 5.92 Å². The lowest BCUT2D eigenvalue weighted by Crippen LogP contribution is -2.25. The van der Waals surface area contributed by atoms with Crippen molar-refractivity contribution in [3.05, 3.63) is 18.2 Å². The number of benzene rings is 1. The summed E-state index contributed by atoms with van der Waals surface area (Å²) < 4.78 is 5.67. The number of aromatic nitrogens is 1. The van der Waals surface area contributed by atoms with Gasteiger partial charge in [-0.05, 0) is 49.8 Å². The van der Waals surface area contributed by atoms with Gasteiger partial charge in [-0.15, -0.1) is 0 Å². The van der Waals surface area contributed by atoms with Gasteiger partial charge in [0.2, 0.25) is 0 Å². The first kappa shape index (κ1) is 11.4. The van der Waals surface area contributed by atoms with Crippen LogP contribution in [-0.4, -0.2) is 11.0 Å². The van der Waals surface area contributed by atoms with E-state index < -0.39 is 0 Å². The van der Waals surface area contributed by atoms with Gasteiger partial charge in [0.1, 0.15) is 5.52 Å². The highest BCUT2D eigenvalue weighted by Gasteiger charge is 2.19. The van der Waals surface area contributed by atoms with Gasteiger partial charge in [0.05, 0.1) is 0 Å². The molecule has 4 nitrogen and oxygen atoms in total. The summed E-state index contributed by atoms with van der Waals surface area (Å²) in [6.07, 6.45) is 4.96. The molecule has 18 heavy (non-hydrogen) atoms. The van der Waals surface area contributed by atoms with Gasteiger partial charge < -0.3 is 15.5 Å². The predicted molar refractivity (Wildman–Crippen MR) is 73.5 cm³/mol. The Labute approximate surface area is 107 Å². The van der Waals surface area contributed by atoms with Crippen molar-refractivity contribution in [3.8, 4) is 0 Å². The summed E-state index contributed by atoms with van der Waals surface area (Å²) in [6, 6.07) is 6.65. The van der Waals surface area contributed by atoms with Gasteiger partial charge in [0.25, 0.3) is 6.01 Å². The fourth-order valence-corrected chi connectivity index (χ4v) is 2.59. The fourth-order valence-electron chi connectivity index (χ4n) is 2.59. The van der Waals surface area contributed by atoms with Crippen molar-refractivity contribution < 1.29 is 4.42 Å². The van der Waals surface area contributed by atoms with E-state index in [1.54, 1.807) is 0 Å². The number of hydrogen-bond acceptors (Lipinski definition) is 4. The van der Waals surface area contributed by atoms with Gasteiger partial charge >= 0.3 is 0 Å². The van der Waals surface area contributed by atoms with Crippen LogP contribution in [0.4, 0.5) is 11.7 Å². The topological polar surface area (TPSA) is 64.1 Å². The Morgan fingerprint density at radius 2 is 2.06 bits per heavy atom. The van der Waals surface area contributed by atoms with Gasteiger partial charge in [-0.1, -0.05) is 6.92 Å². The van der Waals surface area contributed by atoms with E-state index in [1.165, 1.54) is 25.7 Å². The molecule has 1 fully saturated rings. The van der Waals surface area contributed by atoms with Crippen molar-refractivity contribution in [2.24, 2.45) is 5.92 Å². The summed E-state index contributed by atoms with van der Waals surface area (Å²) in [4.78, 5) is 4.43. The second-order valence-electron chi connectivity index (χ2n) is 5.35. The highest BCUT2D eigenvalue weighted by Crippen LogP contribution is 2.27.